The Bertz CT molecular complexity index is 1340. The van der Waals surface area contributed by atoms with Gasteiger partial charge in [-0.3, -0.25) is 4.79 Å². The summed E-state index contributed by atoms with van der Waals surface area (Å²) in [6.07, 6.45) is 0.926. The highest BCUT2D eigenvalue weighted by atomic mass is 32.2. The lowest BCUT2D eigenvalue weighted by molar-refractivity contribution is -0.113. The van der Waals surface area contributed by atoms with Gasteiger partial charge in [-0.15, -0.1) is 32.9 Å². The largest absolute Gasteiger partial charge is 0.465 e. The van der Waals surface area contributed by atoms with E-state index in [1.165, 1.54) is 30.2 Å². The number of nitrogens with one attached hydrogen (secondary N) is 1. The molecule has 1 amide bonds. The van der Waals surface area contributed by atoms with E-state index < -0.39 is 5.97 Å². The van der Waals surface area contributed by atoms with Crippen LogP contribution in [-0.4, -0.2) is 39.5 Å². The molecular weight excluding hydrogens is 501 g/mol. The van der Waals surface area contributed by atoms with Crippen molar-refractivity contribution in [2.45, 2.75) is 38.9 Å². The van der Waals surface area contributed by atoms with Gasteiger partial charge < -0.3 is 14.6 Å². The Morgan fingerprint density at radius 1 is 1.14 bits per heavy atom. The van der Waals surface area contributed by atoms with Crippen molar-refractivity contribution in [1.29, 1.82) is 0 Å². The van der Waals surface area contributed by atoms with Gasteiger partial charge in [0.15, 0.2) is 11.0 Å². The second kappa shape index (κ2) is 11.2. The molecule has 1 aromatic carbocycles. The SMILES string of the molecule is CCCn1c(SCC(=O)Nc2scc(-c3cc(C)ccc3C)c2C(=O)OC)nnc1-c1cccs1. The van der Waals surface area contributed by atoms with Crippen LogP contribution in [0.5, 0.6) is 0 Å². The number of esters is 1. The van der Waals surface area contributed by atoms with Crippen LogP contribution in [0.4, 0.5) is 5.00 Å². The van der Waals surface area contributed by atoms with Crippen molar-refractivity contribution >= 4 is 51.3 Å². The first-order valence-electron chi connectivity index (χ1n) is 11.1. The normalized spacial score (nSPS) is 11.0. The first-order chi connectivity index (χ1) is 16.9. The molecule has 1 N–H and O–H groups in total. The maximum absolute atomic E-state index is 12.9. The Balaban J connectivity index is 1.54. The third-order valence-corrected chi connectivity index (χ3v) is 8.08. The molecule has 0 radical (unpaired) electrons. The van der Waals surface area contributed by atoms with Crippen LogP contribution in [0.2, 0.25) is 0 Å². The Morgan fingerprint density at radius 2 is 1.97 bits per heavy atom. The summed E-state index contributed by atoms with van der Waals surface area (Å²) in [5, 5.41) is 16.7. The lowest BCUT2D eigenvalue weighted by atomic mass is 9.97. The molecule has 0 unspecified atom stereocenters. The zero-order valence-electron chi connectivity index (χ0n) is 20.0. The van der Waals surface area contributed by atoms with Crippen LogP contribution in [0.15, 0.2) is 46.2 Å². The van der Waals surface area contributed by atoms with Crippen LogP contribution in [0.3, 0.4) is 0 Å². The number of thioether (sulfide) groups is 1. The summed E-state index contributed by atoms with van der Waals surface area (Å²) in [6, 6.07) is 10.1. The highest BCUT2D eigenvalue weighted by Crippen LogP contribution is 2.38. The van der Waals surface area contributed by atoms with E-state index in [9.17, 15) is 9.59 Å². The van der Waals surface area contributed by atoms with Crippen LogP contribution in [0, 0.1) is 13.8 Å². The topological polar surface area (TPSA) is 86.1 Å². The van der Waals surface area contributed by atoms with E-state index in [1.807, 2.05) is 59.5 Å². The summed E-state index contributed by atoms with van der Waals surface area (Å²) in [6.45, 7) is 6.87. The van der Waals surface area contributed by atoms with Crippen molar-refractivity contribution in [2.75, 3.05) is 18.2 Å². The van der Waals surface area contributed by atoms with Gasteiger partial charge in [-0.25, -0.2) is 4.79 Å². The van der Waals surface area contributed by atoms with Gasteiger partial charge in [0.05, 0.1) is 17.7 Å². The molecule has 0 aliphatic carbocycles. The lowest BCUT2D eigenvalue weighted by Gasteiger charge is -2.10. The first-order valence-corrected chi connectivity index (χ1v) is 13.8. The van der Waals surface area contributed by atoms with Crippen LogP contribution in [-0.2, 0) is 16.1 Å². The molecule has 4 aromatic rings. The minimum absolute atomic E-state index is 0.142. The van der Waals surface area contributed by atoms with Crippen molar-refractivity contribution < 1.29 is 14.3 Å². The Morgan fingerprint density at radius 3 is 2.69 bits per heavy atom. The monoisotopic (exact) mass is 526 g/mol. The molecule has 4 rings (SSSR count). The fraction of sp³-hybridized carbons (Fsp3) is 0.280. The molecule has 3 aromatic heterocycles. The van der Waals surface area contributed by atoms with Crippen molar-refractivity contribution in [3.63, 3.8) is 0 Å². The second-order valence-corrected chi connectivity index (χ2v) is 10.7. The van der Waals surface area contributed by atoms with Gasteiger partial charge in [-0.2, -0.15) is 0 Å². The van der Waals surface area contributed by atoms with Gasteiger partial charge in [0, 0.05) is 17.5 Å². The Labute approximate surface area is 216 Å². The van der Waals surface area contributed by atoms with Gasteiger partial charge in [0.1, 0.15) is 10.6 Å². The Kier molecular flexibility index (Phi) is 8.04. The molecule has 10 heteroatoms. The summed E-state index contributed by atoms with van der Waals surface area (Å²) in [4.78, 5) is 26.6. The summed E-state index contributed by atoms with van der Waals surface area (Å²) in [5.74, 6) is 0.254. The molecule has 0 aliphatic heterocycles. The second-order valence-electron chi connectivity index (χ2n) is 7.94. The number of rotatable bonds is 9. The highest BCUT2D eigenvalue weighted by Gasteiger charge is 2.24. The molecule has 0 spiro atoms. The molecule has 0 saturated carbocycles. The maximum Gasteiger partial charge on any atom is 0.341 e. The quantitative estimate of drug-likeness (QED) is 0.204. The number of methoxy groups -OCH3 is 1. The number of hydrogen-bond donors (Lipinski definition) is 1. The number of aryl methyl sites for hydroxylation is 2. The number of thiophene rings is 2. The number of carbonyl (C=O) groups is 2. The van der Waals surface area contributed by atoms with Gasteiger partial charge >= 0.3 is 5.97 Å². The summed E-state index contributed by atoms with van der Waals surface area (Å²) in [7, 11) is 1.35. The predicted octanol–water partition coefficient (Wildman–Crippen LogP) is 6.28. The average molecular weight is 527 g/mol. The third-order valence-electron chi connectivity index (χ3n) is 5.35. The van der Waals surface area contributed by atoms with Gasteiger partial charge in [-0.1, -0.05) is 48.5 Å². The fourth-order valence-corrected chi connectivity index (χ4v) is 6.13. The minimum Gasteiger partial charge on any atom is -0.465 e. The molecule has 3 heterocycles. The van der Waals surface area contributed by atoms with Crippen LogP contribution in [0.25, 0.3) is 21.8 Å². The van der Waals surface area contributed by atoms with Gasteiger partial charge in [0.25, 0.3) is 0 Å². The zero-order chi connectivity index (χ0) is 24.9. The van der Waals surface area contributed by atoms with Crippen LogP contribution < -0.4 is 5.32 Å². The predicted molar refractivity (Wildman–Crippen MR) is 144 cm³/mol. The van der Waals surface area contributed by atoms with Crippen molar-refractivity contribution in [2.24, 2.45) is 0 Å². The lowest BCUT2D eigenvalue weighted by Crippen LogP contribution is -2.16. The molecule has 0 aliphatic rings. The summed E-state index contributed by atoms with van der Waals surface area (Å²) in [5.41, 5.74) is 4.22. The summed E-state index contributed by atoms with van der Waals surface area (Å²) < 4.78 is 7.10. The Hall–Kier alpha value is -2.95. The highest BCUT2D eigenvalue weighted by molar-refractivity contribution is 7.99. The van der Waals surface area contributed by atoms with E-state index in [0.717, 1.165) is 45.9 Å². The maximum atomic E-state index is 12.9. The molecule has 182 valence electrons. The van der Waals surface area contributed by atoms with Crippen molar-refractivity contribution in [1.82, 2.24) is 14.8 Å². The standard InChI is InChI=1S/C25H26N4O3S3/c1-5-10-29-22(19-7-6-11-33-19)27-28-25(29)35-14-20(30)26-23-21(24(31)32-4)18(13-34-23)17-12-15(2)8-9-16(17)3/h6-9,11-13H,5,10,14H2,1-4H3,(H,26,30). The van der Waals surface area contributed by atoms with E-state index in [0.29, 0.717) is 15.7 Å². The molecule has 0 bridgehead atoms. The molecule has 0 atom stereocenters. The number of amides is 1. The van der Waals surface area contributed by atoms with E-state index in [-0.39, 0.29) is 11.7 Å². The zero-order valence-corrected chi connectivity index (χ0v) is 22.4. The first kappa shape index (κ1) is 25.2. The van der Waals surface area contributed by atoms with Crippen molar-refractivity contribution in [3.05, 3.63) is 57.8 Å². The van der Waals surface area contributed by atoms with Crippen LogP contribution >= 0.6 is 34.4 Å². The number of carbonyl (C=O) groups excluding carboxylic acids is 2. The van der Waals surface area contributed by atoms with E-state index in [2.05, 4.69) is 22.4 Å². The number of aromatic nitrogens is 3. The fourth-order valence-electron chi connectivity index (χ4n) is 3.68. The molecule has 35 heavy (non-hydrogen) atoms. The van der Waals surface area contributed by atoms with Gasteiger partial charge in [0.2, 0.25) is 5.91 Å². The van der Waals surface area contributed by atoms with Gasteiger partial charge in [-0.05, 0) is 42.8 Å². The third kappa shape index (κ3) is 5.50. The number of anilines is 1. The van der Waals surface area contributed by atoms with Crippen LogP contribution in [0.1, 0.15) is 34.8 Å². The number of benzene rings is 1. The minimum atomic E-state index is -0.478. The van der Waals surface area contributed by atoms with E-state index in [4.69, 9.17) is 4.74 Å². The molecule has 7 nitrogen and oxygen atoms in total. The average Bonchev–Trinajstić information content (AvgIpc) is 3.59. The van der Waals surface area contributed by atoms with E-state index in [1.54, 1.807) is 11.3 Å². The smallest absolute Gasteiger partial charge is 0.341 e. The molecular formula is C25H26N4O3S3. The molecule has 0 saturated heterocycles. The number of hydrogen-bond acceptors (Lipinski definition) is 8. The summed E-state index contributed by atoms with van der Waals surface area (Å²) >= 11 is 4.26. The number of nitrogens with zero attached hydrogens (tertiary/aromatic N) is 3. The van der Waals surface area contributed by atoms with Crippen molar-refractivity contribution in [3.8, 4) is 21.8 Å². The number of ether oxygens (including phenoxy) is 1. The molecule has 0 fully saturated rings. The van der Waals surface area contributed by atoms with E-state index >= 15 is 0 Å².